The van der Waals surface area contributed by atoms with Crippen LogP contribution in [-0.4, -0.2) is 6.10 Å². The van der Waals surface area contributed by atoms with Gasteiger partial charge in [-0.25, -0.2) is 0 Å². The zero-order chi connectivity index (χ0) is 9.42. The van der Waals surface area contributed by atoms with Crippen LogP contribution in [-0.2, 0) is 0 Å². The zero-order valence-electron chi connectivity index (χ0n) is 7.46. The predicted molar refractivity (Wildman–Crippen MR) is 53.1 cm³/mol. The lowest BCUT2D eigenvalue weighted by molar-refractivity contribution is 0.177. The standard InChI is InChI=1S/C10H12ClNO/c1-6-5-8(12)10-7(11)3-2-4-9(10)13-6/h2-4,6,8H,5,12H2,1H3. The summed E-state index contributed by atoms with van der Waals surface area (Å²) in [5.74, 6) is 0.832. The molecule has 2 rings (SSSR count). The molecule has 0 saturated heterocycles. The van der Waals surface area contributed by atoms with Crippen LogP contribution in [0.3, 0.4) is 0 Å². The summed E-state index contributed by atoms with van der Waals surface area (Å²) in [4.78, 5) is 0. The minimum atomic E-state index is 0.00690. The number of nitrogens with two attached hydrogens (primary N) is 1. The van der Waals surface area contributed by atoms with E-state index in [0.29, 0.717) is 5.02 Å². The number of ether oxygens (including phenoxy) is 1. The summed E-state index contributed by atoms with van der Waals surface area (Å²) in [6.07, 6.45) is 1.01. The van der Waals surface area contributed by atoms with Crippen LogP contribution in [0.15, 0.2) is 18.2 Å². The molecule has 0 amide bonds. The van der Waals surface area contributed by atoms with E-state index in [1.165, 1.54) is 0 Å². The van der Waals surface area contributed by atoms with Crippen LogP contribution in [0.1, 0.15) is 24.9 Å². The van der Waals surface area contributed by atoms with Gasteiger partial charge in [0, 0.05) is 23.0 Å². The molecule has 2 N–H and O–H groups in total. The van der Waals surface area contributed by atoms with Crippen molar-refractivity contribution in [2.75, 3.05) is 0 Å². The molecule has 0 radical (unpaired) electrons. The molecule has 1 heterocycles. The van der Waals surface area contributed by atoms with E-state index in [9.17, 15) is 0 Å². The van der Waals surface area contributed by atoms with Gasteiger partial charge in [0.25, 0.3) is 0 Å². The summed E-state index contributed by atoms with van der Waals surface area (Å²) >= 11 is 6.02. The van der Waals surface area contributed by atoms with Crippen molar-refractivity contribution in [1.82, 2.24) is 0 Å². The predicted octanol–water partition coefficient (Wildman–Crippen LogP) is 2.51. The van der Waals surface area contributed by atoms with E-state index in [1.807, 2.05) is 25.1 Å². The Labute approximate surface area is 82.6 Å². The molecule has 1 aliphatic heterocycles. The number of benzene rings is 1. The Bertz CT molecular complexity index is 327. The topological polar surface area (TPSA) is 35.2 Å². The van der Waals surface area contributed by atoms with Crippen molar-refractivity contribution >= 4 is 11.6 Å². The molecule has 13 heavy (non-hydrogen) atoms. The molecule has 1 aromatic rings. The van der Waals surface area contributed by atoms with E-state index >= 15 is 0 Å². The number of fused-ring (bicyclic) bond motifs is 1. The van der Waals surface area contributed by atoms with Gasteiger partial charge in [-0.05, 0) is 19.1 Å². The molecule has 70 valence electrons. The molecule has 0 bridgehead atoms. The van der Waals surface area contributed by atoms with Gasteiger partial charge in [0.15, 0.2) is 0 Å². The maximum Gasteiger partial charge on any atom is 0.125 e. The SMILES string of the molecule is CC1CC(N)c2c(Cl)cccc2O1. The zero-order valence-corrected chi connectivity index (χ0v) is 8.21. The third-order valence-electron chi connectivity index (χ3n) is 2.30. The molecule has 0 spiro atoms. The van der Waals surface area contributed by atoms with Crippen molar-refractivity contribution in [3.63, 3.8) is 0 Å². The van der Waals surface area contributed by atoms with E-state index in [4.69, 9.17) is 22.1 Å². The van der Waals surface area contributed by atoms with Gasteiger partial charge >= 0.3 is 0 Å². The second kappa shape index (κ2) is 3.20. The molecule has 1 aromatic carbocycles. The highest BCUT2D eigenvalue weighted by Crippen LogP contribution is 2.37. The lowest BCUT2D eigenvalue weighted by Gasteiger charge is -2.28. The van der Waals surface area contributed by atoms with Crippen molar-refractivity contribution in [3.8, 4) is 5.75 Å². The van der Waals surface area contributed by atoms with Gasteiger partial charge in [0.1, 0.15) is 5.75 Å². The molecule has 0 fully saturated rings. The summed E-state index contributed by atoms with van der Waals surface area (Å²) in [6.45, 7) is 2.02. The molecule has 1 aliphatic rings. The van der Waals surface area contributed by atoms with Crippen LogP contribution >= 0.6 is 11.6 Å². The van der Waals surface area contributed by atoms with Gasteiger partial charge in [0.2, 0.25) is 0 Å². The highest BCUT2D eigenvalue weighted by molar-refractivity contribution is 6.31. The van der Waals surface area contributed by atoms with Crippen LogP contribution in [0.4, 0.5) is 0 Å². The number of hydrogen-bond acceptors (Lipinski definition) is 2. The monoisotopic (exact) mass is 197 g/mol. The van der Waals surface area contributed by atoms with Gasteiger partial charge in [-0.15, -0.1) is 0 Å². The van der Waals surface area contributed by atoms with Gasteiger partial charge in [-0.3, -0.25) is 0 Å². The van der Waals surface area contributed by atoms with Gasteiger partial charge in [0.05, 0.1) is 6.10 Å². The molecule has 0 aliphatic carbocycles. The normalized spacial score (nSPS) is 26.4. The van der Waals surface area contributed by atoms with Crippen molar-refractivity contribution in [1.29, 1.82) is 0 Å². The van der Waals surface area contributed by atoms with Crippen molar-refractivity contribution in [2.24, 2.45) is 5.73 Å². The Morgan fingerprint density at radius 2 is 2.31 bits per heavy atom. The minimum Gasteiger partial charge on any atom is -0.490 e. The lowest BCUT2D eigenvalue weighted by Crippen LogP contribution is -2.27. The Hall–Kier alpha value is -0.730. The van der Waals surface area contributed by atoms with E-state index in [0.717, 1.165) is 17.7 Å². The van der Waals surface area contributed by atoms with Crippen LogP contribution in [0, 0.1) is 0 Å². The summed E-state index contributed by atoms with van der Waals surface area (Å²) in [5.41, 5.74) is 6.92. The molecule has 2 nitrogen and oxygen atoms in total. The third kappa shape index (κ3) is 1.52. The fourth-order valence-corrected chi connectivity index (χ4v) is 2.03. The molecular formula is C10H12ClNO. The van der Waals surface area contributed by atoms with Crippen LogP contribution < -0.4 is 10.5 Å². The fraction of sp³-hybridized carbons (Fsp3) is 0.400. The van der Waals surface area contributed by atoms with E-state index in [2.05, 4.69) is 0 Å². The van der Waals surface area contributed by atoms with Crippen LogP contribution in [0.2, 0.25) is 5.02 Å². The molecule has 0 aromatic heterocycles. The average molecular weight is 198 g/mol. The summed E-state index contributed by atoms with van der Waals surface area (Å²) in [5, 5.41) is 0.705. The lowest BCUT2D eigenvalue weighted by atomic mass is 9.98. The van der Waals surface area contributed by atoms with Gasteiger partial charge in [-0.1, -0.05) is 17.7 Å². The first-order valence-corrected chi connectivity index (χ1v) is 4.77. The Morgan fingerprint density at radius 1 is 1.54 bits per heavy atom. The van der Waals surface area contributed by atoms with Crippen LogP contribution in [0.5, 0.6) is 5.75 Å². The van der Waals surface area contributed by atoms with E-state index < -0.39 is 0 Å². The molecule has 0 saturated carbocycles. The largest absolute Gasteiger partial charge is 0.490 e. The second-order valence-electron chi connectivity index (χ2n) is 3.42. The first-order valence-electron chi connectivity index (χ1n) is 4.39. The summed E-state index contributed by atoms with van der Waals surface area (Å²) < 4.78 is 5.62. The Morgan fingerprint density at radius 3 is 3.08 bits per heavy atom. The van der Waals surface area contributed by atoms with Crippen LogP contribution in [0.25, 0.3) is 0 Å². The number of halogens is 1. The van der Waals surface area contributed by atoms with Gasteiger partial charge < -0.3 is 10.5 Å². The van der Waals surface area contributed by atoms with E-state index in [1.54, 1.807) is 0 Å². The molecular weight excluding hydrogens is 186 g/mol. The Balaban J connectivity index is 2.49. The highest BCUT2D eigenvalue weighted by Gasteiger charge is 2.24. The first kappa shape index (κ1) is 8.85. The van der Waals surface area contributed by atoms with Crippen molar-refractivity contribution in [3.05, 3.63) is 28.8 Å². The summed E-state index contributed by atoms with van der Waals surface area (Å²) in [6, 6.07) is 5.65. The third-order valence-corrected chi connectivity index (χ3v) is 2.63. The number of rotatable bonds is 0. The van der Waals surface area contributed by atoms with E-state index in [-0.39, 0.29) is 12.1 Å². The average Bonchev–Trinajstić information content (AvgIpc) is 2.02. The fourth-order valence-electron chi connectivity index (χ4n) is 1.72. The van der Waals surface area contributed by atoms with Crippen molar-refractivity contribution < 1.29 is 4.74 Å². The highest BCUT2D eigenvalue weighted by atomic mass is 35.5. The molecule has 2 unspecified atom stereocenters. The quantitative estimate of drug-likeness (QED) is 0.694. The van der Waals surface area contributed by atoms with Gasteiger partial charge in [-0.2, -0.15) is 0 Å². The first-order chi connectivity index (χ1) is 6.18. The molecule has 2 atom stereocenters. The number of hydrogen-bond donors (Lipinski definition) is 1. The second-order valence-corrected chi connectivity index (χ2v) is 3.83. The van der Waals surface area contributed by atoms with Crippen molar-refractivity contribution in [2.45, 2.75) is 25.5 Å². The maximum atomic E-state index is 6.02. The smallest absolute Gasteiger partial charge is 0.125 e. The minimum absolute atomic E-state index is 0.00690. The molecule has 3 heteroatoms. The maximum absolute atomic E-state index is 6.02. The summed E-state index contributed by atoms with van der Waals surface area (Å²) in [7, 11) is 0. The Kier molecular flexibility index (Phi) is 2.18.